The number of halogens is 2. The Balaban J connectivity index is 1.27. The lowest BCUT2D eigenvalue weighted by Gasteiger charge is -2.29. The third-order valence-electron chi connectivity index (χ3n) is 6.50. The summed E-state index contributed by atoms with van der Waals surface area (Å²) in [4.78, 5) is 41.6. The van der Waals surface area contributed by atoms with Gasteiger partial charge in [0.2, 0.25) is 5.91 Å². The topological polar surface area (TPSA) is 76.2 Å². The molecule has 3 amide bonds. The van der Waals surface area contributed by atoms with E-state index in [1.165, 1.54) is 12.7 Å². The highest BCUT2D eigenvalue weighted by atomic mass is 35.5. The predicted octanol–water partition coefficient (Wildman–Crippen LogP) is 6.20. The van der Waals surface area contributed by atoms with Crippen LogP contribution in [0.2, 0.25) is 10.0 Å². The van der Waals surface area contributed by atoms with Crippen molar-refractivity contribution >= 4 is 58.1 Å². The van der Waals surface area contributed by atoms with Crippen molar-refractivity contribution < 1.29 is 23.9 Å². The van der Waals surface area contributed by atoms with Gasteiger partial charge in [0, 0.05) is 18.1 Å². The first-order valence-corrected chi connectivity index (χ1v) is 13.7. The monoisotopic (exact) mass is 582 g/mol. The third kappa shape index (κ3) is 6.08. The fourth-order valence-electron chi connectivity index (χ4n) is 4.43. The van der Waals surface area contributed by atoms with Gasteiger partial charge >= 0.3 is 0 Å². The zero-order valence-corrected chi connectivity index (χ0v) is 23.3. The van der Waals surface area contributed by atoms with Crippen molar-refractivity contribution in [2.75, 3.05) is 20.2 Å². The summed E-state index contributed by atoms with van der Waals surface area (Å²) in [6, 6.07) is 18.5. The van der Waals surface area contributed by atoms with Crippen LogP contribution in [0.1, 0.15) is 22.3 Å². The zero-order chi connectivity index (χ0) is 27.5. The second-order valence-electron chi connectivity index (χ2n) is 9.05. The van der Waals surface area contributed by atoms with Gasteiger partial charge in [0.05, 0.1) is 17.0 Å². The normalized spacial score (nSPS) is 16.0. The molecular weight excluding hydrogens is 559 g/mol. The van der Waals surface area contributed by atoms with Gasteiger partial charge in [-0.2, -0.15) is 0 Å². The molecule has 2 heterocycles. The summed E-state index contributed by atoms with van der Waals surface area (Å²) in [6.07, 6.45) is 2.30. The summed E-state index contributed by atoms with van der Waals surface area (Å²) in [6.45, 7) is 0.965. The molecule has 39 heavy (non-hydrogen) atoms. The predicted molar refractivity (Wildman–Crippen MR) is 152 cm³/mol. The Kier molecular flexibility index (Phi) is 8.16. The largest absolute Gasteiger partial charge is 0.493 e. The molecule has 3 aromatic carbocycles. The second kappa shape index (κ2) is 11.7. The van der Waals surface area contributed by atoms with E-state index in [-0.39, 0.29) is 29.0 Å². The maximum atomic E-state index is 13.1. The molecule has 5 rings (SSSR count). The Labute approximate surface area is 240 Å². The van der Waals surface area contributed by atoms with Crippen LogP contribution in [0.4, 0.5) is 4.79 Å². The van der Waals surface area contributed by atoms with Gasteiger partial charge in [-0.05, 0) is 70.8 Å². The summed E-state index contributed by atoms with van der Waals surface area (Å²) >= 11 is 13.2. The Morgan fingerprint density at radius 2 is 1.79 bits per heavy atom. The number of thioether (sulfide) groups is 1. The number of amides is 3. The number of ether oxygens (including phenoxy) is 2. The molecule has 0 N–H and O–H groups in total. The number of imide groups is 1. The molecule has 0 unspecified atom stereocenters. The van der Waals surface area contributed by atoms with Gasteiger partial charge in [0.25, 0.3) is 11.1 Å². The van der Waals surface area contributed by atoms with Crippen molar-refractivity contribution in [3.63, 3.8) is 0 Å². The number of fused-ring (bicyclic) bond motifs is 1. The van der Waals surface area contributed by atoms with Crippen LogP contribution in [-0.2, 0) is 29.2 Å². The minimum Gasteiger partial charge on any atom is -0.493 e. The summed E-state index contributed by atoms with van der Waals surface area (Å²) in [5.41, 5.74) is 3.75. The molecule has 1 saturated heterocycles. The molecule has 7 nitrogen and oxygen atoms in total. The van der Waals surface area contributed by atoms with Gasteiger partial charge in [-0.15, -0.1) is 0 Å². The van der Waals surface area contributed by atoms with E-state index in [2.05, 4.69) is 6.07 Å². The highest BCUT2D eigenvalue weighted by molar-refractivity contribution is 8.18. The Morgan fingerprint density at radius 3 is 2.54 bits per heavy atom. The van der Waals surface area contributed by atoms with Crippen LogP contribution in [0.3, 0.4) is 0 Å². The quantitative estimate of drug-likeness (QED) is 0.309. The fraction of sp³-hybridized carbons (Fsp3) is 0.207. The first-order valence-electron chi connectivity index (χ1n) is 12.2. The SMILES string of the molecule is COc1cc(/C=C2\SC(=O)N(CC(=O)N3CCc4ccccc4C3)C2=O)cc(Cl)c1OCc1ccc(Cl)cc1. The lowest BCUT2D eigenvalue weighted by atomic mass is 10.00. The van der Waals surface area contributed by atoms with E-state index in [9.17, 15) is 14.4 Å². The van der Waals surface area contributed by atoms with Crippen LogP contribution in [0, 0.1) is 0 Å². The number of methoxy groups -OCH3 is 1. The summed E-state index contributed by atoms with van der Waals surface area (Å²) in [5, 5.41) is 0.428. The van der Waals surface area contributed by atoms with Crippen molar-refractivity contribution in [1.29, 1.82) is 0 Å². The van der Waals surface area contributed by atoms with E-state index in [0.29, 0.717) is 35.2 Å². The van der Waals surface area contributed by atoms with Crippen LogP contribution in [0.5, 0.6) is 11.5 Å². The highest BCUT2D eigenvalue weighted by Gasteiger charge is 2.37. The maximum Gasteiger partial charge on any atom is 0.294 e. The van der Waals surface area contributed by atoms with Crippen molar-refractivity contribution in [1.82, 2.24) is 9.80 Å². The Morgan fingerprint density at radius 1 is 1.05 bits per heavy atom. The highest BCUT2D eigenvalue weighted by Crippen LogP contribution is 2.39. The van der Waals surface area contributed by atoms with Crippen molar-refractivity contribution in [3.05, 3.63) is 97.9 Å². The molecule has 10 heteroatoms. The smallest absolute Gasteiger partial charge is 0.294 e. The molecule has 0 spiro atoms. The van der Waals surface area contributed by atoms with Crippen LogP contribution >= 0.6 is 35.0 Å². The first kappa shape index (κ1) is 27.1. The van der Waals surface area contributed by atoms with Crippen LogP contribution in [0.15, 0.2) is 65.6 Å². The van der Waals surface area contributed by atoms with Crippen LogP contribution < -0.4 is 9.47 Å². The second-order valence-corrected chi connectivity index (χ2v) is 10.9. The van der Waals surface area contributed by atoms with Crippen molar-refractivity contribution in [2.24, 2.45) is 0 Å². The van der Waals surface area contributed by atoms with E-state index >= 15 is 0 Å². The minimum absolute atomic E-state index is 0.199. The minimum atomic E-state index is -0.520. The molecule has 0 aliphatic carbocycles. The maximum absolute atomic E-state index is 13.1. The molecular formula is C29H24Cl2N2O5S. The van der Waals surface area contributed by atoms with Crippen LogP contribution in [0.25, 0.3) is 6.08 Å². The number of rotatable bonds is 7. The lowest BCUT2D eigenvalue weighted by molar-refractivity contribution is -0.136. The van der Waals surface area contributed by atoms with Crippen LogP contribution in [-0.4, -0.2) is 47.1 Å². The number of hydrogen-bond donors (Lipinski definition) is 0. The number of hydrogen-bond acceptors (Lipinski definition) is 6. The van der Waals surface area contributed by atoms with Gasteiger partial charge in [0.1, 0.15) is 13.2 Å². The Bertz CT molecular complexity index is 1470. The van der Waals surface area contributed by atoms with E-state index in [4.69, 9.17) is 32.7 Å². The van der Waals surface area contributed by atoms with Gasteiger partial charge < -0.3 is 14.4 Å². The summed E-state index contributed by atoms with van der Waals surface area (Å²) < 4.78 is 11.4. The molecule has 2 aliphatic heterocycles. The number of nitrogens with zero attached hydrogens (tertiary/aromatic N) is 2. The van der Waals surface area contributed by atoms with Crippen molar-refractivity contribution in [3.8, 4) is 11.5 Å². The van der Waals surface area contributed by atoms with Crippen molar-refractivity contribution in [2.45, 2.75) is 19.6 Å². The molecule has 0 aromatic heterocycles. The van der Waals surface area contributed by atoms with Gasteiger partial charge in [-0.3, -0.25) is 19.3 Å². The number of carbonyl (C=O) groups is 3. The zero-order valence-electron chi connectivity index (χ0n) is 21.0. The third-order valence-corrected chi connectivity index (χ3v) is 7.94. The molecule has 0 radical (unpaired) electrons. The average molecular weight is 583 g/mol. The summed E-state index contributed by atoms with van der Waals surface area (Å²) in [7, 11) is 1.49. The van der Waals surface area contributed by atoms with Gasteiger partial charge in [0.15, 0.2) is 11.5 Å². The number of carbonyl (C=O) groups excluding carboxylic acids is 3. The lowest BCUT2D eigenvalue weighted by Crippen LogP contribution is -2.44. The summed E-state index contributed by atoms with van der Waals surface area (Å²) in [5.74, 6) is -0.0514. The van der Waals surface area contributed by atoms with E-state index in [1.54, 1.807) is 35.2 Å². The van der Waals surface area contributed by atoms with Gasteiger partial charge in [-0.25, -0.2) is 0 Å². The fourth-order valence-corrected chi connectivity index (χ4v) is 5.67. The standard InChI is InChI=1S/C29H24Cl2N2O5S/c1-37-24-13-19(12-23(31)27(24)38-17-18-6-8-22(30)9-7-18)14-25-28(35)33(29(36)39-25)16-26(34)32-11-10-20-4-2-3-5-21(20)15-32/h2-9,12-14H,10-11,15-17H2,1H3/b25-14-. The molecule has 1 fully saturated rings. The van der Waals surface area contributed by atoms with E-state index in [1.807, 2.05) is 30.3 Å². The molecule has 3 aromatic rings. The Hall–Kier alpha value is -3.46. The molecule has 200 valence electrons. The molecule has 0 bridgehead atoms. The van der Waals surface area contributed by atoms with E-state index in [0.717, 1.165) is 34.2 Å². The van der Waals surface area contributed by atoms with Gasteiger partial charge in [-0.1, -0.05) is 59.6 Å². The molecule has 2 aliphatic rings. The molecule has 0 saturated carbocycles. The van der Waals surface area contributed by atoms with E-state index < -0.39 is 11.1 Å². The molecule has 0 atom stereocenters. The number of benzene rings is 3. The first-order chi connectivity index (χ1) is 18.8. The average Bonchev–Trinajstić information content (AvgIpc) is 3.19.